The number of nitrogens with zero attached hydrogens (tertiary/aromatic N) is 2. The van der Waals surface area contributed by atoms with Gasteiger partial charge in [0.2, 0.25) is 11.8 Å². The van der Waals surface area contributed by atoms with Crippen LogP contribution in [-0.4, -0.2) is 23.3 Å². The Morgan fingerprint density at radius 2 is 2.00 bits per heavy atom. The smallest absolute Gasteiger partial charge is 0.247 e. The zero-order chi connectivity index (χ0) is 12.4. The van der Waals surface area contributed by atoms with E-state index in [0.717, 1.165) is 30.0 Å². The lowest BCUT2D eigenvalue weighted by atomic mass is 10.2. The van der Waals surface area contributed by atoms with Crippen molar-refractivity contribution in [2.24, 2.45) is 5.73 Å². The molecule has 0 bridgehead atoms. The van der Waals surface area contributed by atoms with Gasteiger partial charge in [-0.3, -0.25) is 0 Å². The van der Waals surface area contributed by atoms with Crippen LogP contribution in [0, 0.1) is 0 Å². The van der Waals surface area contributed by atoms with Gasteiger partial charge in [-0.25, -0.2) is 0 Å². The van der Waals surface area contributed by atoms with Gasteiger partial charge in [-0.1, -0.05) is 0 Å². The summed E-state index contributed by atoms with van der Waals surface area (Å²) in [5.74, 6) is 2.61. The Hall–Kier alpha value is -1.88. The molecule has 1 aromatic heterocycles. The molecule has 0 aliphatic heterocycles. The average Bonchev–Trinajstić information content (AvgIpc) is 3.15. The molecule has 2 aromatic rings. The topological polar surface area (TPSA) is 74.2 Å². The molecule has 0 atom stereocenters. The maximum atomic E-state index is 5.63. The van der Waals surface area contributed by atoms with Crippen molar-refractivity contribution in [3.63, 3.8) is 0 Å². The molecule has 0 amide bonds. The number of ether oxygens (including phenoxy) is 1. The minimum absolute atomic E-state index is 0.485. The summed E-state index contributed by atoms with van der Waals surface area (Å²) in [7, 11) is 0. The Morgan fingerprint density at radius 3 is 2.67 bits per heavy atom. The first-order valence-electron chi connectivity index (χ1n) is 6.13. The molecule has 18 heavy (non-hydrogen) atoms. The summed E-state index contributed by atoms with van der Waals surface area (Å²) in [6.45, 7) is 1.03. The maximum Gasteiger partial charge on any atom is 0.247 e. The first-order chi connectivity index (χ1) is 8.86. The second kappa shape index (κ2) is 4.78. The molecule has 1 fully saturated rings. The summed E-state index contributed by atoms with van der Waals surface area (Å²) in [5, 5.41) is 8.12. The monoisotopic (exact) mass is 245 g/mol. The van der Waals surface area contributed by atoms with Gasteiger partial charge in [-0.05, 0) is 37.1 Å². The molecule has 1 heterocycles. The molecule has 1 aromatic carbocycles. The highest BCUT2D eigenvalue weighted by molar-refractivity contribution is 5.54. The van der Waals surface area contributed by atoms with E-state index in [-0.39, 0.29) is 0 Å². The van der Waals surface area contributed by atoms with Crippen LogP contribution in [-0.2, 0) is 0 Å². The minimum Gasteiger partial charge on any atom is -0.492 e. The third-order valence-electron chi connectivity index (χ3n) is 2.86. The Morgan fingerprint density at radius 1 is 1.22 bits per heavy atom. The van der Waals surface area contributed by atoms with Crippen molar-refractivity contribution in [3.8, 4) is 17.2 Å². The van der Waals surface area contributed by atoms with Gasteiger partial charge in [0, 0.05) is 18.0 Å². The van der Waals surface area contributed by atoms with Crippen LogP contribution in [0.2, 0.25) is 0 Å². The van der Waals surface area contributed by atoms with E-state index in [2.05, 4.69) is 10.2 Å². The second-order valence-electron chi connectivity index (χ2n) is 4.38. The lowest BCUT2D eigenvalue weighted by Crippen LogP contribution is -2.10. The summed E-state index contributed by atoms with van der Waals surface area (Å²) in [4.78, 5) is 0. The van der Waals surface area contributed by atoms with Crippen LogP contribution in [0.3, 0.4) is 0 Å². The predicted octanol–water partition coefficient (Wildman–Crippen LogP) is 1.95. The number of rotatable bonds is 5. The Labute approximate surface area is 105 Å². The lowest BCUT2D eigenvalue weighted by Gasteiger charge is -2.03. The molecule has 0 spiro atoms. The average molecular weight is 245 g/mol. The van der Waals surface area contributed by atoms with Gasteiger partial charge < -0.3 is 14.9 Å². The first kappa shape index (κ1) is 11.2. The fourth-order valence-electron chi connectivity index (χ4n) is 1.72. The van der Waals surface area contributed by atoms with Crippen molar-refractivity contribution < 1.29 is 9.15 Å². The van der Waals surface area contributed by atoms with E-state index in [1.165, 1.54) is 0 Å². The third-order valence-corrected chi connectivity index (χ3v) is 2.86. The van der Waals surface area contributed by atoms with Gasteiger partial charge in [-0.15, -0.1) is 10.2 Å². The summed E-state index contributed by atoms with van der Waals surface area (Å²) in [5.41, 5.74) is 6.29. The highest BCUT2D eigenvalue weighted by Crippen LogP contribution is 2.39. The fraction of sp³-hybridized carbons (Fsp3) is 0.385. The molecule has 0 radical (unpaired) electrons. The molecule has 0 unspecified atom stereocenters. The van der Waals surface area contributed by atoms with Crippen molar-refractivity contribution in [3.05, 3.63) is 30.2 Å². The molecule has 0 saturated heterocycles. The first-order valence-corrected chi connectivity index (χ1v) is 6.13. The zero-order valence-electron chi connectivity index (χ0n) is 10.0. The van der Waals surface area contributed by atoms with Crippen LogP contribution in [0.1, 0.15) is 24.7 Å². The molecule has 1 saturated carbocycles. The molecule has 1 aliphatic carbocycles. The predicted molar refractivity (Wildman–Crippen MR) is 66.3 cm³/mol. The largest absolute Gasteiger partial charge is 0.492 e. The quantitative estimate of drug-likeness (QED) is 0.871. The van der Waals surface area contributed by atoms with Gasteiger partial charge in [0.05, 0.1) is 0 Å². The Kier molecular flexibility index (Phi) is 2.98. The van der Waals surface area contributed by atoms with Crippen LogP contribution in [0.25, 0.3) is 11.5 Å². The number of hydrogen-bond donors (Lipinski definition) is 1. The van der Waals surface area contributed by atoms with Crippen LogP contribution >= 0.6 is 0 Å². The van der Waals surface area contributed by atoms with E-state index in [9.17, 15) is 0 Å². The fourth-order valence-corrected chi connectivity index (χ4v) is 1.72. The number of aromatic nitrogens is 2. The normalized spacial score (nSPS) is 14.7. The van der Waals surface area contributed by atoms with Crippen LogP contribution in [0.15, 0.2) is 28.7 Å². The van der Waals surface area contributed by atoms with E-state index in [4.69, 9.17) is 14.9 Å². The lowest BCUT2D eigenvalue weighted by molar-refractivity contribution is 0.328. The summed E-state index contributed by atoms with van der Waals surface area (Å²) in [6.07, 6.45) is 2.32. The molecule has 5 nitrogen and oxygen atoms in total. The van der Waals surface area contributed by atoms with E-state index >= 15 is 0 Å². The number of benzene rings is 1. The highest BCUT2D eigenvalue weighted by Gasteiger charge is 2.29. The molecule has 1 aliphatic rings. The van der Waals surface area contributed by atoms with Crippen molar-refractivity contribution in [1.29, 1.82) is 0 Å². The number of nitrogens with two attached hydrogens (primary N) is 1. The van der Waals surface area contributed by atoms with Crippen molar-refractivity contribution in [2.45, 2.75) is 18.8 Å². The second-order valence-corrected chi connectivity index (χ2v) is 4.38. The van der Waals surface area contributed by atoms with Gasteiger partial charge in [0.25, 0.3) is 0 Å². The van der Waals surface area contributed by atoms with Gasteiger partial charge >= 0.3 is 0 Å². The molecular weight excluding hydrogens is 230 g/mol. The molecule has 2 N–H and O–H groups in total. The SMILES string of the molecule is NCCOc1ccc(-c2nnc(C3CC3)o2)cc1. The third kappa shape index (κ3) is 2.36. The van der Waals surface area contributed by atoms with E-state index < -0.39 is 0 Å². The van der Waals surface area contributed by atoms with Gasteiger partial charge in [0.1, 0.15) is 12.4 Å². The maximum absolute atomic E-state index is 5.63. The van der Waals surface area contributed by atoms with E-state index in [1.54, 1.807) is 0 Å². The summed E-state index contributed by atoms with van der Waals surface area (Å²) in [6, 6.07) is 7.59. The van der Waals surface area contributed by atoms with Crippen molar-refractivity contribution >= 4 is 0 Å². The Balaban J connectivity index is 1.74. The van der Waals surface area contributed by atoms with Crippen molar-refractivity contribution in [1.82, 2.24) is 10.2 Å². The molecule has 5 heteroatoms. The Bertz CT molecular complexity index is 517. The molecule has 3 rings (SSSR count). The zero-order valence-corrected chi connectivity index (χ0v) is 10.0. The molecule has 94 valence electrons. The van der Waals surface area contributed by atoms with Crippen LogP contribution in [0.4, 0.5) is 0 Å². The van der Waals surface area contributed by atoms with Gasteiger partial charge in [-0.2, -0.15) is 0 Å². The molecular formula is C13H15N3O2. The van der Waals surface area contributed by atoms with Gasteiger partial charge in [0.15, 0.2) is 0 Å². The highest BCUT2D eigenvalue weighted by atomic mass is 16.5. The number of hydrogen-bond acceptors (Lipinski definition) is 5. The van der Waals surface area contributed by atoms with Crippen molar-refractivity contribution in [2.75, 3.05) is 13.2 Å². The standard InChI is InChI=1S/C13H15N3O2/c14-7-8-17-11-5-3-10(4-6-11)13-16-15-12(18-13)9-1-2-9/h3-6,9H,1-2,7-8,14H2. The summed E-state index contributed by atoms with van der Waals surface area (Å²) >= 11 is 0. The summed E-state index contributed by atoms with van der Waals surface area (Å²) < 4.78 is 11.0. The van der Waals surface area contributed by atoms with Crippen LogP contribution < -0.4 is 10.5 Å². The van der Waals surface area contributed by atoms with E-state index in [0.29, 0.717) is 25.0 Å². The van der Waals surface area contributed by atoms with Crippen LogP contribution in [0.5, 0.6) is 5.75 Å². The minimum atomic E-state index is 0.485. The van der Waals surface area contributed by atoms with E-state index in [1.807, 2.05) is 24.3 Å².